The second-order valence-corrected chi connectivity index (χ2v) is 6.34. The molecular formula is C15H23N3O3. The Morgan fingerprint density at radius 1 is 1.38 bits per heavy atom. The Morgan fingerprint density at radius 2 is 2.10 bits per heavy atom. The number of amides is 1. The summed E-state index contributed by atoms with van der Waals surface area (Å²) in [7, 11) is 0. The van der Waals surface area contributed by atoms with Gasteiger partial charge in [0.25, 0.3) is 0 Å². The number of aromatic hydroxyl groups is 1. The molecule has 0 bridgehead atoms. The fourth-order valence-corrected chi connectivity index (χ4v) is 2.32. The molecule has 0 saturated carbocycles. The van der Waals surface area contributed by atoms with Crippen LogP contribution in [0.3, 0.4) is 0 Å². The first-order chi connectivity index (χ1) is 9.76. The summed E-state index contributed by atoms with van der Waals surface area (Å²) in [5, 5.41) is 9.28. The van der Waals surface area contributed by atoms with Gasteiger partial charge in [-0.1, -0.05) is 0 Å². The Labute approximate surface area is 125 Å². The Bertz CT molecular complexity index is 496. The van der Waals surface area contributed by atoms with Crippen molar-refractivity contribution in [3.8, 4) is 5.75 Å². The van der Waals surface area contributed by atoms with Crippen LogP contribution >= 0.6 is 0 Å². The molecule has 1 N–H and O–H groups in total. The minimum atomic E-state index is -0.480. The van der Waals surface area contributed by atoms with Gasteiger partial charge in [-0.05, 0) is 39.8 Å². The molecule has 116 valence electrons. The van der Waals surface area contributed by atoms with E-state index in [0.29, 0.717) is 19.6 Å². The lowest BCUT2D eigenvalue weighted by Gasteiger charge is -2.40. The van der Waals surface area contributed by atoms with Crippen LogP contribution in [0.4, 0.5) is 10.6 Å². The van der Waals surface area contributed by atoms with E-state index in [2.05, 4.69) is 9.88 Å². The standard InChI is InChI=1S/C15H23N3O3/c1-11-10-17(13-6-5-12(19)9-16-13)7-8-18(11)14(20)21-15(2,3)4/h5-6,9,11,19H,7-8,10H2,1-4H3/t11-/m0/s1. The number of carbonyl (C=O) groups excluding carboxylic acids is 1. The zero-order chi connectivity index (χ0) is 15.6. The Morgan fingerprint density at radius 3 is 2.62 bits per heavy atom. The molecule has 2 rings (SSSR count). The van der Waals surface area contributed by atoms with Crippen molar-refractivity contribution in [2.24, 2.45) is 0 Å². The molecule has 1 amide bonds. The number of pyridine rings is 1. The summed E-state index contributed by atoms with van der Waals surface area (Å²) >= 11 is 0. The quantitative estimate of drug-likeness (QED) is 0.860. The van der Waals surface area contributed by atoms with Crippen molar-refractivity contribution in [2.75, 3.05) is 24.5 Å². The first-order valence-electron chi connectivity index (χ1n) is 7.16. The van der Waals surface area contributed by atoms with E-state index >= 15 is 0 Å². The molecule has 1 aliphatic rings. The number of hydrogen-bond acceptors (Lipinski definition) is 5. The first kappa shape index (κ1) is 15.4. The molecule has 6 nitrogen and oxygen atoms in total. The maximum Gasteiger partial charge on any atom is 0.410 e. The predicted molar refractivity (Wildman–Crippen MR) is 80.5 cm³/mol. The minimum absolute atomic E-state index is 0.0456. The van der Waals surface area contributed by atoms with Gasteiger partial charge in [-0.25, -0.2) is 9.78 Å². The highest BCUT2D eigenvalue weighted by Crippen LogP contribution is 2.20. The fourth-order valence-electron chi connectivity index (χ4n) is 2.32. The van der Waals surface area contributed by atoms with E-state index in [1.165, 1.54) is 6.20 Å². The Kier molecular flexibility index (Phi) is 4.25. The van der Waals surface area contributed by atoms with E-state index in [1.54, 1.807) is 17.0 Å². The van der Waals surface area contributed by atoms with E-state index in [9.17, 15) is 9.90 Å². The normalized spacial score (nSPS) is 19.5. The average Bonchev–Trinajstić information content (AvgIpc) is 2.37. The monoisotopic (exact) mass is 293 g/mol. The number of aromatic nitrogens is 1. The molecule has 0 unspecified atom stereocenters. The molecule has 2 heterocycles. The third-order valence-electron chi connectivity index (χ3n) is 3.31. The van der Waals surface area contributed by atoms with Gasteiger partial charge in [0.1, 0.15) is 17.2 Å². The van der Waals surface area contributed by atoms with Crippen LogP contribution in [0.2, 0.25) is 0 Å². The predicted octanol–water partition coefficient (Wildman–Crippen LogP) is 2.23. The smallest absolute Gasteiger partial charge is 0.410 e. The van der Waals surface area contributed by atoms with Crippen LogP contribution in [0, 0.1) is 0 Å². The van der Waals surface area contributed by atoms with Crippen LogP contribution in [0.1, 0.15) is 27.7 Å². The van der Waals surface area contributed by atoms with Gasteiger partial charge in [0.05, 0.1) is 6.20 Å². The number of carbonyl (C=O) groups is 1. The van der Waals surface area contributed by atoms with Crippen molar-refractivity contribution in [1.29, 1.82) is 0 Å². The molecule has 1 aromatic heterocycles. The van der Waals surface area contributed by atoms with Gasteiger partial charge < -0.3 is 19.6 Å². The van der Waals surface area contributed by atoms with Crippen LogP contribution in [0.15, 0.2) is 18.3 Å². The maximum absolute atomic E-state index is 12.1. The van der Waals surface area contributed by atoms with Gasteiger partial charge in [0, 0.05) is 25.7 Å². The molecule has 0 spiro atoms. The highest BCUT2D eigenvalue weighted by atomic mass is 16.6. The zero-order valence-electron chi connectivity index (χ0n) is 13.0. The summed E-state index contributed by atoms with van der Waals surface area (Å²) in [5.41, 5.74) is -0.480. The summed E-state index contributed by atoms with van der Waals surface area (Å²) in [6, 6.07) is 3.45. The third-order valence-corrected chi connectivity index (χ3v) is 3.31. The lowest BCUT2D eigenvalue weighted by molar-refractivity contribution is 0.0158. The Balaban J connectivity index is 1.99. The van der Waals surface area contributed by atoms with E-state index in [0.717, 1.165) is 5.82 Å². The first-order valence-corrected chi connectivity index (χ1v) is 7.16. The van der Waals surface area contributed by atoms with Crippen molar-refractivity contribution in [3.63, 3.8) is 0 Å². The molecular weight excluding hydrogens is 270 g/mol. The SMILES string of the molecule is C[C@H]1CN(c2ccc(O)cn2)CCN1C(=O)OC(C)(C)C. The zero-order valence-corrected chi connectivity index (χ0v) is 13.0. The van der Waals surface area contributed by atoms with E-state index in [1.807, 2.05) is 27.7 Å². The lowest BCUT2D eigenvalue weighted by Crippen LogP contribution is -2.55. The van der Waals surface area contributed by atoms with E-state index in [4.69, 9.17) is 4.74 Å². The molecule has 0 radical (unpaired) electrons. The maximum atomic E-state index is 12.1. The second kappa shape index (κ2) is 5.79. The molecule has 6 heteroatoms. The van der Waals surface area contributed by atoms with Crippen molar-refractivity contribution >= 4 is 11.9 Å². The number of hydrogen-bond donors (Lipinski definition) is 1. The number of anilines is 1. The van der Waals surface area contributed by atoms with Gasteiger partial charge in [-0.15, -0.1) is 0 Å². The summed E-state index contributed by atoms with van der Waals surface area (Å²) < 4.78 is 5.42. The van der Waals surface area contributed by atoms with Gasteiger partial charge in [-0.2, -0.15) is 0 Å². The highest BCUT2D eigenvalue weighted by Gasteiger charge is 2.31. The molecule has 0 aliphatic carbocycles. The van der Waals surface area contributed by atoms with Crippen LogP contribution in [0.5, 0.6) is 5.75 Å². The largest absolute Gasteiger partial charge is 0.506 e. The molecule has 0 aromatic carbocycles. The second-order valence-electron chi connectivity index (χ2n) is 6.34. The van der Waals surface area contributed by atoms with Gasteiger partial charge in [-0.3, -0.25) is 0 Å². The summed E-state index contributed by atoms with van der Waals surface area (Å²) in [6.07, 6.45) is 1.16. The number of piperazine rings is 1. The van der Waals surface area contributed by atoms with Crippen LogP contribution in [-0.4, -0.2) is 52.4 Å². The van der Waals surface area contributed by atoms with Gasteiger partial charge >= 0.3 is 6.09 Å². The molecule has 1 saturated heterocycles. The van der Waals surface area contributed by atoms with Crippen molar-refractivity contribution in [2.45, 2.75) is 39.3 Å². The summed E-state index contributed by atoms with van der Waals surface area (Å²) in [6.45, 7) is 9.58. The summed E-state index contributed by atoms with van der Waals surface area (Å²) in [4.78, 5) is 20.2. The average molecular weight is 293 g/mol. The summed E-state index contributed by atoms with van der Waals surface area (Å²) in [5.74, 6) is 0.961. The van der Waals surface area contributed by atoms with E-state index < -0.39 is 5.60 Å². The number of nitrogens with zero attached hydrogens (tertiary/aromatic N) is 3. The highest BCUT2D eigenvalue weighted by molar-refractivity contribution is 5.69. The Hall–Kier alpha value is -1.98. The molecule has 1 atom stereocenters. The molecule has 1 fully saturated rings. The van der Waals surface area contributed by atoms with Crippen molar-refractivity contribution < 1.29 is 14.6 Å². The number of rotatable bonds is 1. The number of ether oxygens (including phenoxy) is 1. The fraction of sp³-hybridized carbons (Fsp3) is 0.600. The minimum Gasteiger partial charge on any atom is -0.506 e. The van der Waals surface area contributed by atoms with Crippen LogP contribution in [-0.2, 0) is 4.74 Å². The molecule has 1 aromatic rings. The lowest BCUT2D eigenvalue weighted by atomic mass is 10.2. The van der Waals surface area contributed by atoms with Crippen molar-refractivity contribution in [3.05, 3.63) is 18.3 Å². The topological polar surface area (TPSA) is 65.9 Å². The van der Waals surface area contributed by atoms with Crippen LogP contribution < -0.4 is 4.90 Å². The van der Waals surface area contributed by atoms with Gasteiger partial charge in [0.2, 0.25) is 0 Å². The molecule has 21 heavy (non-hydrogen) atoms. The van der Waals surface area contributed by atoms with Crippen LogP contribution in [0.25, 0.3) is 0 Å². The van der Waals surface area contributed by atoms with Gasteiger partial charge in [0.15, 0.2) is 0 Å². The van der Waals surface area contributed by atoms with Crippen molar-refractivity contribution in [1.82, 2.24) is 9.88 Å². The molecule has 1 aliphatic heterocycles. The third kappa shape index (κ3) is 4.00. The van der Waals surface area contributed by atoms with E-state index in [-0.39, 0.29) is 17.9 Å².